The van der Waals surface area contributed by atoms with Gasteiger partial charge in [-0.05, 0) is 6.42 Å². The zero-order valence-electron chi connectivity index (χ0n) is 15.9. The Morgan fingerprint density at radius 1 is 0.733 bits per heavy atom. The topological polar surface area (TPSA) is 277 Å². The van der Waals surface area contributed by atoms with Crippen molar-refractivity contribution in [2.75, 3.05) is 13.2 Å². The van der Waals surface area contributed by atoms with E-state index in [4.69, 9.17) is 27.4 Å². The number of aliphatic hydroxyl groups is 2. The molecule has 0 aromatic heterocycles. The number of rotatable bonds is 14. The number of aliphatic carboxylic acids is 1. The van der Waals surface area contributed by atoms with E-state index in [1.807, 2.05) is 10.6 Å². The highest BCUT2D eigenvalue weighted by atomic mass is 16.4. The largest absolute Gasteiger partial charge is 0.480 e. The van der Waals surface area contributed by atoms with E-state index in [0.29, 0.717) is 0 Å². The molecule has 0 spiro atoms. The van der Waals surface area contributed by atoms with Gasteiger partial charge >= 0.3 is 5.97 Å². The number of carboxylic acid groups (broad SMARTS) is 1. The summed E-state index contributed by atoms with van der Waals surface area (Å²) in [5, 5.41) is 33.1. The second-order valence-electron chi connectivity index (χ2n) is 6.17. The van der Waals surface area contributed by atoms with E-state index in [2.05, 4.69) is 5.32 Å². The molecular formula is C15H26N6O9. The van der Waals surface area contributed by atoms with E-state index >= 15 is 0 Å². The number of carboxylic acids is 1. The van der Waals surface area contributed by atoms with E-state index in [-0.39, 0.29) is 12.8 Å². The lowest BCUT2D eigenvalue weighted by Crippen LogP contribution is -2.59. The van der Waals surface area contributed by atoms with Gasteiger partial charge in [0.2, 0.25) is 29.5 Å². The van der Waals surface area contributed by atoms with Crippen molar-refractivity contribution in [1.29, 1.82) is 0 Å². The third-order valence-electron chi connectivity index (χ3n) is 3.69. The molecule has 0 rings (SSSR count). The van der Waals surface area contributed by atoms with Crippen molar-refractivity contribution in [3.8, 4) is 0 Å². The lowest BCUT2D eigenvalue weighted by Gasteiger charge is -2.23. The number of amides is 5. The van der Waals surface area contributed by atoms with E-state index in [9.17, 15) is 33.9 Å². The predicted molar refractivity (Wildman–Crippen MR) is 97.8 cm³/mol. The number of primary amides is 2. The maximum atomic E-state index is 12.4. The predicted octanol–water partition coefficient (Wildman–Crippen LogP) is -6.02. The summed E-state index contributed by atoms with van der Waals surface area (Å²) in [5.41, 5.74) is 15.6. The van der Waals surface area contributed by atoms with Crippen LogP contribution in [-0.4, -0.2) is 88.2 Å². The Bertz CT molecular complexity index is 671. The average Bonchev–Trinajstić information content (AvgIpc) is 2.66. The van der Waals surface area contributed by atoms with Crippen molar-refractivity contribution in [3.05, 3.63) is 0 Å². The Kier molecular flexibility index (Phi) is 11.6. The summed E-state index contributed by atoms with van der Waals surface area (Å²) in [6, 6.07) is -6.17. The Balaban J connectivity index is 5.16. The minimum absolute atomic E-state index is 0.133. The molecule has 15 heteroatoms. The van der Waals surface area contributed by atoms with Crippen molar-refractivity contribution < 1.29 is 44.1 Å². The second-order valence-corrected chi connectivity index (χ2v) is 6.17. The number of nitrogens with one attached hydrogen (secondary N) is 3. The summed E-state index contributed by atoms with van der Waals surface area (Å²) in [6.45, 7) is -1.92. The maximum Gasteiger partial charge on any atom is 0.328 e. The van der Waals surface area contributed by atoms with E-state index in [1.165, 1.54) is 0 Å². The number of hydrogen-bond donors (Lipinski definition) is 9. The van der Waals surface area contributed by atoms with Gasteiger partial charge in [-0.15, -0.1) is 0 Å². The Hall–Kier alpha value is -3.30. The third-order valence-corrected chi connectivity index (χ3v) is 3.69. The first-order valence-corrected chi connectivity index (χ1v) is 8.60. The number of carbonyl (C=O) groups is 6. The molecule has 0 heterocycles. The highest BCUT2D eigenvalue weighted by Crippen LogP contribution is 1.99. The van der Waals surface area contributed by atoms with Gasteiger partial charge in [0.05, 0.1) is 25.7 Å². The van der Waals surface area contributed by atoms with Gasteiger partial charge in [-0.25, -0.2) is 4.79 Å². The van der Waals surface area contributed by atoms with E-state index in [1.54, 1.807) is 0 Å². The van der Waals surface area contributed by atoms with Gasteiger partial charge < -0.3 is 48.5 Å². The highest BCUT2D eigenvalue weighted by molar-refractivity contribution is 5.96. The first-order valence-electron chi connectivity index (χ1n) is 8.60. The van der Waals surface area contributed by atoms with Crippen LogP contribution in [0.4, 0.5) is 0 Å². The fourth-order valence-corrected chi connectivity index (χ4v) is 2.04. The molecular weight excluding hydrogens is 408 g/mol. The van der Waals surface area contributed by atoms with Crippen molar-refractivity contribution in [2.45, 2.75) is 43.4 Å². The summed E-state index contributed by atoms with van der Waals surface area (Å²) in [4.78, 5) is 69.2. The molecule has 0 saturated heterocycles. The number of carbonyl (C=O) groups excluding carboxylic acids is 5. The summed E-state index contributed by atoms with van der Waals surface area (Å²) < 4.78 is 0. The number of nitrogens with two attached hydrogens (primary N) is 3. The van der Waals surface area contributed by atoms with Crippen LogP contribution in [-0.2, 0) is 28.8 Å². The Morgan fingerprint density at radius 2 is 1.20 bits per heavy atom. The zero-order chi connectivity index (χ0) is 23.4. The first kappa shape index (κ1) is 26.7. The van der Waals surface area contributed by atoms with E-state index in [0.717, 1.165) is 0 Å². The minimum atomic E-state index is -1.69. The number of aliphatic hydroxyl groups excluding tert-OH is 2. The first-order chi connectivity index (χ1) is 13.9. The summed E-state index contributed by atoms with van der Waals surface area (Å²) in [5.74, 6) is -6.41. The molecule has 15 nitrogen and oxygen atoms in total. The van der Waals surface area contributed by atoms with Crippen molar-refractivity contribution >= 4 is 35.5 Å². The highest BCUT2D eigenvalue weighted by Gasteiger charge is 2.30. The van der Waals surface area contributed by atoms with Crippen LogP contribution in [0.3, 0.4) is 0 Å². The van der Waals surface area contributed by atoms with Gasteiger partial charge in [0.25, 0.3) is 0 Å². The van der Waals surface area contributed by atoms with Crippen LogP contribution >= 0.6 is 0 Å². The normalized spacial score (nSPS) is 14.5. The second kappa shape index (κ2) is 13.0. The molecule has 0 aliphatic carbocycles. The van der Waals surface area contributed by atoms with Crippen LogP contribution in [0.15, 0.2) is 0 Å². The fraction of sp³-hybridized carbons (Fsp3) is 0.600. The molecule has 12 N–H and O–H groups in total. The molecule has 0 saturated carbocycles. The minimum Gasteiger partial charge on any atom is -0.480 e. The summed E-state index contributed by atoms with van der Waals surface area (Å²) in [6.07, 6.45) is -1.02. The van der Waals surface area contributed by atoms with Gasteiger partial charge in [0, 0.05) is 6.42 Å². The van der Waals surface area contributed by atoms with Crippen LogP contribution < -0.4 is 33.2 Å². The SMILES string of the molecule is NC(=O)CCC(N)C(=O)NC(CC(N)=O)C(=O)NC(CO)C(=O)NC(CO)C(=O)O. The molecule has 0 aliphatic rings. The Morgan fingerprint density at radius 3 is 1.63 bits per heavy atom. The van der Waals surface area contributed by atoms with Crippen LogP contribution in [0.5, 0.6) is 0 Å². The van der Waals surface area contributed by atoms with Crippen molar-refractivity contribution in [2.24, 2.45) is 17.2 Å². The third kappa shape index (κ3) is 9.76. The van der Waals surface area contributed by atoms with Crippen LogP contribution in [0.2, 0.25) is 0 Å². The maximum absolute atomic E-state index is 12.4. The van der Waals surface area contributed by atoms with Gasteiger partial charge in [-0.3, -0.25) is 24.0 Å². The molecule has 5 amide bonds. The molecule has 170 valence electrons. The lowest BCUT2D eigenvalue weighted by molar-refractivity contribution is -0.143. The molecule has 4 atom stereocenters. The molecule has 0 aliphatic heterocycles. The Labute approximate surface area is 170 Å². The smallest absolute Gasteiger partial charge is 0.328 e. The summed E-state index contributed by atoms with van der Waals surface area (Å²) in [7, 11) is 0. The number of hydrogen-bond acceptors (Lipinski definition) is 9. The standard InChI is InChI=1S/C15H26N6O9/c16-6(1-2-10(17)24)12(26)19-7(3-11(18)25)13(27)20-8(4-22)14(28)21-9(5-23)15(29)30/h6-9,22-23H,1-5,16H2,(H2,17,24)(H2,18,25)(H,19,26)(H,20,27)(H,21,28)(H,29,30). The zero-order valence-corrected chi connectivity index (χ0v) is 15.9. The average molecular weight is 434 g/mol. The van der Waals surface area contributed by atoms with Crippen LogP contribution in [0.1, 0.15) is 19.3 Å². The van der Waals surface area contributed by atoms with Crippen molar-refractivity contribution in [3.63, 3.8) is 0 Å². The van der Waals surface area contributed by atoms with Crippen molar-refractivity contribution in [1.82, 2.24) is 16.0 Å². The summed E-state index contributed by atoms with van der Waals surface area (Å²) >= 11 is 0. The molecule has 0 radical (unpaired) electrons. The quantitative estimate of drug-likeness (QED) is 0.125. The molecule has 0 aromatic rings. The van der Waals surface area contributed by atoms with Gasteiger partial charge in [-0.1, -0.05) is 0 Å². The van der Waals surface area contributed by atoms with Gasteiger partial charge in [0.1, 0.15) is 18.1 Å². The van der Waals surface area contributed by atoms with Crippen LogP contribution in [0, 0.1) is 0 Å². The molecule has 4 unspecified atom stereocenters. The monoisotopic (exact) mass is 434 g/mol. The molecule has 0 aromatic carbocycles. The van der Waals surface area contributed by atoms with Crippen LogP contribution in [0.25, 0.3) is 0 Å². The molecule has 0 fully saturated rings. The van der Waals surface area contributed by atoms with Gasteiger partial charge in [0.15, 0.2) is 0 Å². The molecule has 0 bridgehead atoms. The lowest BCUT2D eigenvalue weighted by atomic mass is 10.1. The van der Waals surface area contributed by atoms with Gasteiger partial charge in [-0.2, -0.15) is 0 Å². The van der Waals surface area contributed by atoms with E-state index < -0.39 is 79.3 Å². The molecule has 30 heavy (non-hydrogen) atoms. The fourth-order valence-electron chi connectivity index (χ4n) is 2.04.